The highest BCUT2D eigenvalue weighted by Crippen LogP contribution is 2.42. The average Bonchev–Trinajstić information content (AvgIpc) is 3.67. The Balaban J connectivity index is 1.31. The molecular weight excluding hydrogens is 527 g/mol. The van der Waals surface area contributed by atoms with Crippen molar-refractivity contribution in [2.75, 3.05) is 26.2 Å². The first-order valence-corrected chi connectivity index (χ1v) is 13.7. The topological polar surface area (TPSA) is 108 Å². The lowest BCUT2D eigenvalue weighted by Gasteiger charge is -2.39. The minimum atomic E-state index is -4.81. The molecule has 2 aliphatic heterocycles. The minimum Gasteiger partial charge on any atom is -0.406 e. The van der Waals surface area contributed by atoms with Crippen LogP contribution < -0.4 is 10.1 Å². The van der Waals surface area contributed by atoms with Crippen LogP contribution in [0.4, 0.5) is 13.2 Å². The van der Waals surface area contributed by atoms with Crippen LogP contribution in [0.3, 0.4) is 0 Å². The zero-order chi connectivity index (χ0) is 28.6. The zero-order valence-corrected chi connectivity index (χ0v) is 22.6. The highest BCUT2D eigenvalue weighted by Gasteiger charge is 2.39. The summed E-state index contributed by atoms with van der Waals surface area (Å²) in [6, 6.07) is 5.74. The lowest BCUT2D eigenvalue weighted by molar-refractivity contribution is -0.274. The van der Waals surface area contributed by atoms with E-state index >= 15 is 0 Å². The molecule has 0 bridgehead atoms. The molecule has 2 amide bonds. The largest absolute Gasteiger partial charge is 0.573 e. The number of halogens is 3. The zero-order valence-electron chi connectivity index (χ0n) is 22.6. The van der Waals surface area contributed by atoms with Gasteiger partial charge in [0.2, 0.25) is 5.91 Å². The molecule has 1 aliphatic carbocycles. The maximum Gasteiger partial charge on any atom is 0.573 e. The Morgan fingerprint density at radius 2 is 1.88 bits per heavy atom. The number of carbonyl (C=O) groups is 2. The third-order valence-electron chi connectivity index (χ3n) is 7.92. The molecule has 3 heterocycles. The molecule has 216 valence electrons. The molecule has 1 aromatic carbocycles. The number of ether oxygens (including phenoxy) is 1. The lowest BCUT2D eigenvalue weighted by atomic mass is 9.99. The Kier molecular flexibility index (Phi) is 8.01. The molecule has 1 aromatic heterocycles. The maximum atomic E-state index is 13.8. The number of aliphatic hydroxyl groups excluding tert-OH is 1. The summed E-state index contributed by atoms with van der Waals surface area (Å²) < 4.78 is 42.2. The maximum absolute atomic E-state index is 13.8. The number of benzene rings is 1. The number of likely N-dealkylation sites (tertiary alicyclic amines) is 2. The summed E-state index contributed by atoms with van der Waals surface area (Å²) in [6.45, 7) is 5.03. The summed E-state index contributed by atoms with van der Waals surface area (Å²) in [6.07, 6.45) is -0.826. The predicted molar refractivity (Wildman–Crippen MR) is 140 cm³/mol. The smallest absolute Gasteiger partial charge is 0.406 e. The van der Waals surface area contributed by atoms with Gasteiger partial charge in [-0.05, 0) is 51.2 Å². The Labute approximate surface area is 230 Å². The van der Waals surface area contributed by atoms with Crippen LogP contribution >= 0.6 is 0 Å². The van der Waals surface area contributed by atoms with Crippen molar-refractivity contribution in [3.05, 3.63) is 41.2 Å². The van der Waals surface area contributed by atoms with Gasteiger partial charge in [-0.3, -0.25) is 14.5 Å². The highest BCUT2D eigenvalue weighted by atomic mass is 19.4. The van der Waals surface area contributed by atoms with Gasteiger partial charge >= 0.3 is 6.36 Å². The Morgan fingerprint density at radius 1 is 1.15 bits per heavy atom. The van der Waals surface area contributed by atoms with Gasteiger partial charge in [0, 0.05) is 56.2 Å². The number of amides is 2. The molecule has 3 aliphatic rings. The van der Waals surface area contributed by atoms with Crippen molar-refractivity contribution in [3.8, 4) is 17.1 Å². The second-order valence-corrected chi connectivity index (χ2v) is 10.9. The van der Waals surface area contributed by atoms with Gasteiger partial charge in [-0.25, -0.2) is 9.97 Å². The number of carbonyl (C=O) groups excluding carboxylic acids is 2. The summed E-state index contributed by atoms with van der Waals surface area (Å²) in [4.78, 5) is 38.6. The van der Waals surface area contributed by atoms with Crippen LogP contribution in [-0.2, 0) is 4.79 Å². The molecule has 0 radical (unpaired) electrons. The third kappa shape index (κ3) is 6.38. The van der Waals surface area contributed by atoms with E-state index in [2.05, 4.69) is 24.9 Å². The Hall–Kier alpha value is -3.25. The summed E-state index contributed by atoms with van der Waals surface area (Å²) >= 11 is 0. The first kappa shape index (κ1) is 28.3. The van der Waals surface area contributed by atoms with E-state index in [4.69, 9.17) is 0 Å². The van der Waals surface area contributed by atoms with E-state index in [0.29, 0.717) is 48.6 Å². The van der Waals surface area contributed by atoms with E-state index in [0.717, 1.165) is 25.7 Å². The number of aromatic nitrogens is 2. The second kappa shape index (κ2) is 11.3. The van der Waals surface area contributed by atoms with Crippen LogP contribution in [-0.4, -0.2) is 87.4 Å². The van der Waals surface area contributed by atoms with Crippen molar-refractivity contribution in [1.82, 2.24) is 25.1 Å². The minimum absolute atomic E-state index is 0.00874. The van der Waals surface area contributed by atoms with Crippen LogP contribution in [0.5, 0.6) is 5.75 Å². The van der Waals surface area contributed by atoms with Crippen molar-refractivity contribution < 1.29 is 32.6 Å². The van der Waals surface area contributed by atoms with Crippen LogP contribution in [0.25, 0.3) is 11.4 Å². The SMILES string of the molecule is CC(=O)N[C@@H]1C[C@@H](CO)N(C2CCN(C(=O)c3c(C)nc(-c4cccc(OC(F)(F)F)c4)nc3C3CC3)CC2)C1. The van der Waals surface area contributed by atoms with Crippen molar-refractivity contribution in [1.29, 1.82) is 0 Å². The molecule has 40 heavy (non-hydrogen) atoms. The normalized spacial score (nSPS) is 22.4. The Morgan fingerprint density at radius 3 is 2.50 bits per heavy atom. The summed E-state index contributed by atoms with van der Waals surface area (Å²) in [5.41, 5.74) is 2.01. The number of nitrogens with zero attached hydrogens (tertiary/aromatic N) is 4. The fourth-order valence-electron chi connectivity index (χ4n) is 5.99. The van der Waals surface area contributed by atoms with Crippen molar-refractivity contribution >= 4 is 11.8 Å². The average molecular weight is 562 g/mol. The molecule has 2 aromatic rings. The number of nitrogens with one attached hydrogen (secondary N) is 1. The van der Waals surface area contributed by atoms with Gasteiger partial charge in [0.05, 0.1) is 23.6 Å². The number of alkyl halides is 3. The first-order valence-electron chi connectivity index (χ1n) is 13.7. The molecule has 9 nitrogen and oxygen atoms in total. The molecular formula is C28H34F3N5O4. The molecule has 1 saturated carbocycles. The van der Waals surface area contributed by atoms with Crippen LogP contribution in [0.2, 0.25) is 0 Å². The number of piperidine rings is 1. The molecule has 0 unspecified atom stereocenters. The molecule has 2 saturated heterocycles. The van der Waals surface area contributed by atoms with Crippen molar-refractivity contribution in [3.63, 3.8) is 0 Å². The molecule has 0 spiro atoms. The molecule has 2 N–H and O–H groups in total. The summed E-state index contributed by atoms with van der Waals surface area (Å²) in [5.74, 6) is -0.185. The second-order valence-electron chi connectivity index (χ2n) is 10.9. The van der Waals surface area contributed by atoms with Gasteiger partial charge in [0.25, 0.3) is 5.91 Å². The monoisotopic (exact) mass is 561 g/mol. The summed E-state index contributed by atoms with van der Waals surface area (Å²) in [5, 5.41) is 12.9. The lowest BCUT2D eigenvalue weighted by Crippen LogP contribution is -2.49. The fourth-order valence-corrected chi connectivity index (χ4v) is 5.99. The van der Waals surface area contributed by atoms with Gasteiger partial charge < -0.3 is 20.1 Å². The number of rotatable bonds is 7. The van der Waals surface area contributed by atoms with E-state index in [9.17, 15) is 27.9 Å². The predicted octanol–water partition coefficient (Wildman–Crippen LogP) is 3.40. The molecule has 5 rings (SSSR count). The van der Waals surface area contributed by atoms with E-state index in [1.165, 1.54) is 25.1 Å². The van der Waals surface area contributed by atoms with Gasteiger partial charge in [0.15, 0.2) is 5.82 Å². The first-order chi connectivity index (χ1) is 19.0. The molecule has 2 atom stereocenters. The quantitative estimate of drug-likeness (QED) is 0.534. The van der Waals surface area contributed by atoms with E-state index < -0.39 is 6.36 Å². The molecule has 3 fully saturated rings. The highest BCUT2D eigenvalue weighted by molar-refractivity contribution is 5.97. The number of aliphatic hydroxyl groups is 1. The van der Waals surface area contributed by atoms with E-state index in [-0.39, 0.29) is 54.0 Å². The van der Waals surface area contributed by atoms with Crippen LogP contribution in [0, 0.1) is 6.92 Å². The van der Waals surface area contributed by atoms with E-state index in [1.807, 2.05) is 4.90 Å². The van der Waals surface area contributed by atoms with Crippen LogP contribution in [0.1, 0.15) is 66.7 Å². The Bertz CT molecular complexity index is 1260. The van der Waals surface area contributed by atoms with E-state index in [1.54, 1.807) is 13.0 Å². The summed E-state index contributed by atoms with van der Waals surface area (Å²) in [7, 11) is 0. The van der Waals surface area contributed by atoms with Crippen LogP contribution in [0.15, 0.2) is 24.3 Å². The molecule has 12 heteroatoms. The van der Waals surface area contributed by atoms with Crippen molar-refractivity contribution in [2.24, 2.45) is 0 Å². The number of hydrogen-bond acceptors (Lipinski definition) is 7. The number of hydrogen-bond donors (Lipinski definition) is 2. The number of aryl methyl sites for hydroxylation is 1. The van der Waals surface area contributed by atoms with Gasteiger partial charge in [-0.2, -0.15) is 0 Å². The van der Waals surface area contributed by atoms with Gasteiger partial charge in [0.1, 0.15) is 5.75 Å². The standard InChI is InChI=1S/C28H34F3N5O4/c1-16-24(25(18-6-7-18)34-26(32-16)19-4-3-5-23(12-19)40-28(29,30)31)27(39)35-10-8-21(9-11-35)36-14-20(33-17(2)38)13-22(36)15-37/h3-5,12,18,20-22,37H,6-11,13-15H2,1-2H3,(H,33,38)/t20-,22+/m1/s1. The van der Waals surface area contributed by atoms with Gasteiger partial charge in [-0.1, -0.05) is 12.1 Å². The van der Waals surface area contributed by atoms with Gasteiger partial charge in [-0.15, -0.1) is 13.2 Å². The fraction of sp³-hybridized carbons (Fsp3) is 0.571. The third-order valence-corrected chi connectivity index (χ3v) is 7.92. The van der Waals surface area contributed by atoms with Crippen molar-refractivity contribution in [2.45, 2.75) is 76.4 Å².